The summed E-state index contributed by atoms with van der Waals surface area (Å²) in [6.45, 7) is 0.645. The van der Waals surface area contributed by atoms with Crippen molar-refractivity contribution in [2.75, 3.05) is 6.54 Å². The molecule has 0 spiro atoms. The molecular weight excluding hydrogens is 276 g/mol. The highest BCUT2D eigenvalue weighted by atomic mass is 32.1. The average Bonchev–Trinajstić information content (AvgIpc) is 2.92. The van der Waals surface area contributed by atoms with Crippen LogP contribution in [0, 0.1) is 0 Å². The second kappa shape index (κ2) is 6.66. The van der Waals surface area contributed by atoms with Gasteiger partial charge in [-0.05, 0) is 12.1 Å². The number of hydrogen-bond donors (Lipinski definition) is 1. The lowest BCUT2D eigenvalue weighted by Crippen LogP contribution is -2.01. The van der Waals surface area contributed by atoms with Gasteiger partial charge in [0.1, 0.15) is 0 Å². The van der Waals surface area contributed by atoms with E-state index in [0.717, 1.165) is 23.5 Å². The van der Waals surface area contributed by atoms with Gasteiger partial charge in [-0.3, -0.25) is 0 Å². The fraction of sp³-hybridized carbons (Fsp3) is 0.167. The third-order valence-corrected chi connectivity index (χ3v) is 4.47. The molecule has 2 nitrogen and oxygen atoms in total. The summed E-state index contributed by atoms with van der Waals surface area (Å²) < 4.78 is 0. The van der Waals surface area contributed by atoms with E-state index in [0.29, 0.717) is 6.54 Å². The Morgan fingerprint density at radius 1 is 0.905 bits per heavy atom. The molecule has 106 valence electrons. The van der Waals surface area contributed by atoms with Gasteiger partial charge in [0.25, 0.3) is 0 Å². The summed E-state index contributed by atoms with van der Waals surface area (Å²) in [5.74, 6) is 0. The van der Waals surface area contributed by atoms with E-state index < -0.39 is 0 Å². The number of benzene rings is 2. The van der Waals surface area contributed by atoms with Gasteiger partial charge < -0.3 is 5.73 Å². The molecule has 1 aromatic heterocycles. The van der Waals surface area contributed by atoms with E-state index in [9.17, 15) is 0 Å². The van der Waals surface area contributed by atoms with Crippen LogP contribution >= 0.6 is 11.3 Å². The minimum atomic E-state index is 0.645. The maximum Gasteiger partial charge on any atom is 0.0948 e. The summed E-state index contributed by atoms with van der Waals surface area (Å²) in [5.41, 5.74) is 9.28. The van der Waals surface area contributed by atoms with Crippen molar-refractivity contribution < 1.29 is 0 Å². The molecule has 0 radical (unpaired) electrons. The largest absolute Gasteiger partial charge is 0.330 e. The van der Waals surface area contributed by atoms with Gasteiger partial charge in [-0.25, -0.2) is 4.98 Å². The van der Waals surface area contributed by atoms with Crippen molar-refractivity contribution in [3.8, 4) is 11.3 Å². The van der Waals surface area contributed by atoms with Crippen LogP contribution < -0.4 is 5.73 Å². The number of hydrogen-bond acceptors (Lipinski definition) is 3. The standard InChI is InChI=1S/C18H18N2S/c19-12-11-17-20-18(15-9-5-2-6-10-15)16(21-17)13-14-7-3-1-4-8-14/h1-10H,11-13,19H2. The molecule has 3 rings (SSSR count). The smallest absolute Gasteiger partial charge is 0.0948 e. The average molecular weight is 294 g/mol. The van der Waals surface area contributed by atoms with Crippen molar-refractivity contribution in [2.45, 2.75) is 12.8 Å². The SMILES string of the molecule is NCCc1nc(-c2ccccc2)c(Cc2ccccc2)s1. The monoisotopic (exact) mass is 294 g/mol. The molecule has 2 aromatic carbocycles. The van der Waals surface area contributed by atoms with Gasteiger partial charge >= 0.3 is 0 Å². The highest BCUT2D eigenvalue weighted by molar-refractivity contribution is 7.12. The Labute approximate surface area is 129 Å². The Bertz CT molecular complexity index is 690. The Kier molecular flexibility index (Phi) is 4.43. The van der Waals surface area contributed by atoms with Gasteiger partial charge in [0, 0.05) is 23.3 Å². The number of nitrogens with two attached hydrogens (primary N) is 1. The molecule has 0 aliphatic heterocycles. The third kappa shape index (κ3) is 3.38. The Morgan fingerprint density at radius 3 is 2.24 bits per heavy atom. The zero-order chi connectivity index (χ0) is 14.5. The molecule has 0 amide bonds. The van der Waals surface area contributed by atoms with Crippen LogP contribution in [0.4, 0.5) is 0 Å². The molecule has 0 saturated heterocycles. The van der Waals surface area contributed by atoms with Crippen molar-refractivity contribution in [1.29, 1.82) is 0 Å². The van der Waals surface area contributed by atoms with Gasteiger partial charge in [-0.2, -0.15) is 0 Å². The topological polar surface area (TPSA) is 38.9 Å². The van der Waals surface area contributed by atoms with Crippen LogP contribution in [0.25, 0.3) is 11.3 Å². The van der Waals surface area contributed by atoms with E-state index in [-0.39, 0.29) is 0 Å². The predicted molar refractivity (Wildman–Crippen MR) is 89.6 cm³/mol. The molecule has 1 heterocycles. The normalized spacial score (nSPS) is 10.7. The Hall–Kier alpha value is -1.97. The molecule has 0 fully saturated rings. The van der Waals surface area contributed by atoms with Crippen LogP contribution in [-0.4, -0.2) is 11.5 Å². The van der Waals surface area contributed by atoms with Gasteiger partial charge in [-0.15, -0.1) is 11.3 Å². The predicted octanol–water partition coefficient (Wildman–Crippen LogP) is 3.90. The van der Waals surface area contributed by atoms with E-state index in [1.807, 2.05) is 12.1 Å². The molecule has 2 N–H and O–H groups in total. The van der Waals surface area contributed by atoms with E-state index in [1.165, 1.54) is 16.0 Å². The van der Waals surface area contributed by atoms with Crippen LogP contribution in [0.1, 0.15) is 15.4 Å². The zero-order valence-corrected chi connectivity index (χ0v) is 12.6. The van der Waals surface area contributed by atoms with Crippen LogP contribution in [0.5, 0.6) is 0 Å². The zero-order valence-electron chi connectivity index (χ0n) is 11.8. The molecule has 0 unspecified atom stereocenters. The van der Waals surface area contributed by atoms with E-state index in [4.69, 9.17) is 10.7 Å². The Balaban J connectivity index is 1.98. The first kappa shape index (κ1) is 14.0. The number of aromatic nitrogens is 1. The lowest BCUT2D eigenvalue weighted by Gasteiger charge is -2.02. The fourth-order valence-electron chi connectivity index (χ4n) is 2.35. The first-order valence-electron chi connectivity index (χ1n) is 7.15. The lowest BCUT2D eigenvalue weighted by molar-refractivity contribution is 0.954. The van der Waals surface area contributed by atoms with Crippen LogP contribution in [0.2, 0.25) is 0 Å². The minimum absolute atomic E-state index is 0.645. The van der Waals surface area contributed by atoms with Crippen LogP contribution in [0.15, 0.2) is 60.7 Å². The second-order valence-electron chi connectivity index (χ2n) is 4.95. The fourth-order valence-corrected chi connectivity index (χ4v) is 3.49. The molecule has 0 aliphatic carbocycles. The van der Waals surface area contributed by atoms with Crippen molar-refractivity contribution in [3.63, 3.8) is 0 Å². The number of rotatable bonds is 5. The quantitative estimate of drug-likeness (QED) is 0.775. The molecule has 3 aromatic rings. The van der Waals surface area contributed by atoms with Crippen LogP contribution in [0.3, 0.4) is 0 Å². The van der Waals surface area contributed by atoms with Gasteiger partial charge in [0.2, 0.25) is 0 Å². The first-order valence-corrected chi connectivity index (χ1v) is 7.96. The van der Waals surface area contributed by atoms with E-state index in [1.54, 1.807) is 11.3 Å². The van der Waals surface area contributed by atoms with Gasteiger partial charge in [-0.1, -0.05) is 60.7 Å². The van der Waals surface area contributed by atoms with E-state index >= 15 is 0 Å². The van der Waals surface area contributed by atoms with E-state index in [2.05, 4.69) is 48.5 Å². The van der Waals surface area contributed by atoms with Crippen molar-refractivity contribution in [3.05, 3.63) is 76.1 Å². The van der Waals surface area contributed by atoms with Crippen LogP contribution in [-0.2, 0) is 12.8 Å². The van der Waals surface area contributed by atoms with Crippen molar-refractivity contribution >= 4 is 11.3 Å². The second-order valence-corrected chi connectivity index (χ2v) is 6.11. The van der Waals surface area contributed by atoms with Crippen molar-refractivity contribution in [2.24, 2.45) is 5.73 Å². The summed E-state index contributed by atoms with van der Waals surface area (Å²) in [5, 5.41) is 1.13. The van der Waals surface area contributed by atoms with Crippen molar-refractivity contribution in [1.82, 2.24) is 4.98 Å². The molecular formula is C18H18N2S. The lowest BCUT2D eigenvalue weighted by atomic mass is 10.1. The first-order chi connectivity index (χ1) is 10.4. The molecule has 0 aliphatic rings. The summed E-state index contributed by atoms with van der Waals surface area (Å²) in [7, 11) is 0. The Morgan fingerprint density at radius 2 is 1.57 bits per heavy atom. The van der Waals surface area contributed by atoms with Gasteiger partial charge in [0.15, 0.2) is 0 Å². The summed E-state index contributed by atoms with van der Waals surface area (Å²) in [6.07, 6.45) is 1.77. The highest BCUT2D eigenvalue weighted by Crippen LogP contribution is 2.30. The molecule has 0 atom stereocenters. The number of thiazole rings is 1. The minimum Gasteiger partial charge on any atom is -0.330 e. The van der Waals surface area contributed by atoms with Gasteiger partial charge in [0.05, 0.1) is 10.7 Å². The molecule has 0 bridgehead atoms. The maximum absolute atomic E-state index is 5.68. The number of nitrogens with zero attached hydrogens (tertiary/aromatic N) is 1. The maximum atomic E-state index is 5.68. The highest BCUT2D eigenvalue weighted by Gasteiger charge is 2.13. The molecule has 21 heavy (non-hydrogen) atoms. The summed E-state index contributed by atoms with van der Waals surface area (Å²) in [6, 6.07) is 20.9. The summed E-state index contributed by atoms with van der Waals surface area (Å²) in [4.78, 5) is 6.12. The summed E-state index contributed by atoms with van der Waals surface area (Å²) >= 11 is 1.78. The third-order valence-electron chi connectivity index (χ3n) is 3.35. The molecule has 3 heteroatoms. The molecule has 0 saturated carbocycles.